The average molecular weight is 172 g/mol. The number of hydrazine groups is 1. The van der Waals surface area contributed by atoms with Crippen LogP contribution < -0.4 is 16.6 Å². The molecule has 1 amide bonds. The first kappa shape index (κ1) is 10.4. The van der Waals surface area contributed by atoms with Crippen LogP contribution in [0.2, 0.25) is 0 Å². The molecule has 0 aromatic rings. The largest absolute Gasteiger partial charge is 0.482 e. The lowest BCUT2D eigenvalue weighted by molar-refractivity contribution is -0.117. The van der Waals surface area contributed by atoms with Crippen molar-refractivity contribution in [2.75, 3.05) is 14.2 Å². The molecule has 0 atom stereocenters. The van der Waals surface area contributed by atoms with Crippen LogP contribution in [0.1, 0.15) is 0 Å². The van der Waals surface area contributed by atoms with Crippen LogP contribution in [-0.2, 0) is 9.53 Å². The van der Waals surface area contributed by atoms with E-state index in [1.54, 1.807) is 7.05 Å². The molecule has 0 bridgehead atoms. The van der Waals surface area contributed by atoms with Crippen LogP contribution in [0.4, 0.5) is 0 Å². The first-order valence-electron chi connectivity index (χ1n) is 3.18. The van der Waals surface area contributed by atoms with Gasteiger partial charge in [0.25, 0.3) is 5.91 Å². The summed E-state index contributed by atoms with van der Waals surface area (Å²) < 4.78 is 4.78. The number of hydrogen-bond donors (Lipinski definition) is 4. The maximum absolute atomic E-state index is 10.9. The average Bonchev–Trinajstić information content (AvgIpc) is 2.12. The molecule has 0 fully saturated rings. The maximum atomic E-state index is 10.9. The van der Waals surface area contributed by atoms with Crippen molar-refractivity contribution in [1.29, 1.82) is 5.41 Å². The summed E-state index contributed by atoms with van der Waals surface area (Å²) in [6, 6.07) is 0. The molecule has 0 aliphatic heterocycles. The van der Waals surface area contributed by atoms with E-state index < -0.39 is 5.91 Å². The Kier molecular flexibility index (Phi) is 4.47. The first-order valence-corrected chi connectivity index (χ1v) is 3.18. The van der Waals surface area contributed by atoms with Crippen molar-refractivity contribution in [1.82, 2.24) is 10.7 Å². The van der Waals surface area contributed by atoms with E-state index in [1.165, 1.54) is 7.11 Å². The predicted octanol–water partition coefficient (Wildman–Crippen LogP) is -1.30. The number of ether oxygens (including phenoxy) is 1. The van der Waals surface area contributed by atoms with Crippen LogP contribution in [-0.4, -0.2) is 26.3 Å². The Labute approximate surface area is 70.2 Å². The highest BCUT2D eigenvalue weighted by atomic mass is 16.5. The number of carbonyl (C=O) groups is 1. The van der Waals surface area contributed by atoms with Gasteiger partial charge in [0, 0.05) is 13.3 Å². The normalized spacial score (nSPS) is 11.2. The molecule has 0 spiro atoms. The second-order valence-corrected chi connectivity index (χ2v) is 1.81. The quantitative estimate of drug-likeness (QED) is 0.106. The van der Waals surface area contributed by atoms with Crippen molar-refractivity contribution < 1.29 is 9.53 Å². The van der Waals surface area contributed by atoms with E-state index in [0.29, 0.717) is 0 Å². The molecule has 12 heavy (non-hydrogen) atoms. The van der Waals surface area contributed by atoms with Gasteiger partial charge in [0.15, 0.2) is 0 Å². The molecule has 6 heteroatoms. The third-order valence-corrected chi connectivity index (χ3v) is 1.20. The van der Waals surface area contributed by atoms with Gasteiger partial charge in [0.05, 0.1) is 7.11 Å². The van der Waals surface area contributed by atoms with Gasteiger partial charge in [0.1, 0.15) is 5.57 Å². The Morgan fingerprint density at radius 2 is 2.25 bits per heavy atom. The molecular formula is C6H12N4O2. The van der Waals surface area contributed by atoms with Crippen LogP contribution in [0, 0.1) is 5.41 Å². The lowest BCUT2D eigenvalue weighted by atomic mass is 10.3. The SMILES string of the molecule is CNC(OC)=C(C=N)C(=O)NN. The molecule has 0 aromatic heterocycles. The summed E-state index contributed by atoms with van der Waals surface area (Å²) in [5.74, 6) is 4.50. The van der Waals surface area contributed by atoms with E-state index in [4.69, 9.17) is 16.0 Å². The van der Waals surface area contributed by atoms with Crippen LogP contribution in [0.3, 0.4) is 0 Å². The Morgan fingerprint density at radius 3 is 2.50 bits per heavy atom. The molecule has 0 heterocycles. The highest BCUT2D eigenvalue weighted by Gasteiger charge is 2.11. The van der Waals surface area contributed by atoms with Crippen molar-refractivity contribution in [3.8, 4) is 0 Å². The van der Waals surface area contributed by atoms with Gasteiger partial charge in [-0.2, -0.15) is 0 Å². The van der Waals surface area contributed by atoms with Crippen molar-refractivity contribution in [3.63, 3.8) is 0 Å². The van der Waals surface area contributed by atoms with E-state index in [2.05, 4.69) is 5.32 Å². The summed E-state index contributed by atoms with van der Waals surface area (Å²) in [7, 11) is 2.96. The molecule has 0 saturated heterocycles. The van der Waals surface area contributed by atoms with Gasteiger partial charge in [-0.3, -0.25) is 10.2 Å². The lowest BCUT2D eigenvalue weighted by Gasteiger charge is -2.08. The summed E-state index contributed by atoms with van der Waals surface area (Å²) in [5, 5.41) is 9.52. The highest BCUT2D eigenvalue weighted by Crippen LogP contribution is 1.98. The molecule has 6 nitrogen and oxygen atoms in total. The molecule has 68 valence electrons. The molecule has 0 aliphatic carbocycles. The maximum Gasteiger partial charge on any atom is 0.272 e. The summed E-state index contributed by atoms with van der Waals surface area (Å²) in [6.07, 6.45) is 0.859. The smallest absolute Gasteiger partial charge is 0.272 e. The minimum absolute atomic E-state index is 0.0440. The molecule has 0 saturated carbocycles. The highest BCUT2D eigenvalue weighted by molar-refractivity contribution is 6.11. The first-order chi connectivity index (χ1) is 5.71. The summed E-state index contributed by atoms with van der Waals surface area (Å²) >= 11 is 0. The Morgan fingerprint density at radius 1 is 1.67 bits per heavy atom. The number of nitrogens with one attached hydrogen (secondary N) is 3. The van der Waals surface area contributed by atoms with Gasteiger partial charge in [-0.1, -0.05) is 0 Å². The minimum atomic E-state index is -0.573. The van der Waals surface area contributed by atoms with E-state index in [0.717, 1.165) is 6.21 Å². The molecule has 0 aliphatic rings. The van der Waals surface area contributed by atoms with Gasteiger partial charge in [0.2, 0.25) is 5.88 Å². The number of nitrogens with two attached hydrogens (primary N) is 1. The Hall–Kier alpha value is -1.56. The minimum Gasteiger partial charge on any atom is -0.482 e. The van der Waals surface area contributed by atoms with Crippen LogP contribution in [0.5, 0.6) is 0 Å². The van der Waals surface area contributed by atoms with E-state index in [-0.39, 0.29) is 11.5 Å². The zero-order valence-corrected chi connectivity index (χ0v) is 6.97. The fraction of sp³-hybridized carbons (Fsp3) is 0.333. The second kappa shape index (κ2) is 5.14. The fourth-order valence-electron chi connectivity index (χ4n) is 0.659. The van der Waals surface area contributed by atoms with Crippen molar-refractivity contribution in [3.05, 3.63) is 11.5 Å². The molecular weight excluding hydrogens is 160 g/mol. The number of amides is 1. The van der Waals surface area contributed by atoms with Gasteiger partial charge in [-0.25, -0.2) is 5.84 Å². The standard InChI is InChI=1S/C6H12N4O2/c1-9-6(12-2)4(3-7)5(11)10-8/h3,7,9H,8H2,1-2H3,(H,10,11). The van der Waals surface area contributed by atoms with Gasteiger partial charge < -0.3 is 15.5 Å². The third-order valence-electron chi connectivity index (χ3n) is 1.20. The fourth-order valence-corrected chi connectivity index (χ4v) is 0.659. The number of methoxy groups -OCH3 is 1. The molecule has 0 aromatic carbocycles. The van der Waals surface area contributed by atoms with E-state index >= 15 is 0 Å². The second-order valence-electron chi connectivity index (χ2n) is 1.81. The molecule has 0 unspecified atom stereocenters. The van der Waals surface area contributed by atoms with E-state index in [9.17, 15) is 4.79 Å². The zero-order valence-electron chi connectivity index (χ0n) is 6.97. The summed E-state index contributed by atoms with van der Waals surface area (Å²) in [5.41, 5.74) is 1.94. The van der Waals surface area contributed by atoms with Gasteiger partial charge in [-0.05, 0) is 0 Å². The zero-order chi connectivity index (χ0) is 9.56. The van der Waals surface area contributed by atoms with Crippen LogP contribution in [0.25, 0.3) is 0 Å². The Balaban J connectivity index is 4.81. The monoisotopic (exact) mass is 172 g/mol. The van der Waals surface area contributed by atoms with Crippen molar-refractivity contribution in [2.24, 2.45) is 5.84 Å². The number of hydrogen-bond acceptors (Lipinski definition) is 5. The van der Waals surface area contributed by atoms with Gasteiger partial charge in [-0.15, -0.1) is 0 Å². The van der Waals surface area contributed by atoms with Gasteiger partial charge >= 0.3 is 0 Å². The molecule has 0 radical (unpaired) electrons. The summed E-state index contributed by atoms with van der Waals surface area (Å²) in [4.78, 5) is 10.9. The predicted molar refractivity (Wildman–Crippen MR) is 44.2 cm³/mol. The number of carbonyl (C=O) groups excluding carboxylic acids is 1. The van der Waals surface area contributed by atoms with Crippen LogP contribution in [0.15, 0.2) is 11.5 Å². The van der Waals surface area contributed by atoms with Crippen LogP contribution >= 0.6 is 0 Å². The Bertz CT molecular complexity index is 206. The van der Waals surface area contributed by atoms with Crippen molar-refractivity contribution in [2.45, 2.75) is 0 Å². The number of rotatable bonds is 4. The topological polar surface area (TPSA) is 100 Å². The summed E-state index contributed by atoms with van der Waals surface area (Å²) in [6.45, 7) is 0. The van der Waals surface area contributed by atoms with Crippen molar-refractivity contribution >= 4 is 12.1 Å². The lowest BCUT2D eigenvalue weighted by Crippen LogP contribution is -2.33. The third kappa shape index (κ3) is 2.24. The van der Waals surface area contributed by atoms with E-state index in [1.807, 2.05) is 5.43 Å². The molecule has 5 N–H and O–H groups in total. The molecule has 0 rings (SSSR count).